The van der Waals surface area contributed by atoms with Gasteiger partial charge in [0.15, 0.2) is 0 Å². The van der Waals surface area contributed by atoms with Crippen molar-refractivity contribution >= 4 is 28.1 Å². The number of hydrogen-bond acceptors (Lipinski definition) is 2. The Morgan fingerprint density at radius 2 is 2.00 bits per heavy atom. The summed E-state index contributed by atoms with van der Waals surface area (Å²) >= 11 is 8.63. The van der Waals surface area contributed by atoms with Gasteiger partial charge in [0.2, 0.25) is 0 Å². The van der Waals surface area contributed by atoms with Crippen molar-refractivity contribution in [2.75, 3.05) is 0 Å². The standard InChI is InChI=1S/C15H14BrFN2S/c16-11-8-9(6-7-12(11)17)14-18-13-5-3-1-2-4-10(13)15(20)19-14/h6-8H,1-5H2,(H,18,19,20). The van der Waals surface area contributed by atoms with Crippen LogP contribution in [0.1, 0.15) is 30.5 Å². The van der Waals surface area contributed by atoms with Crippen LogP contribution in [0.15, 0.2) is 22.7 Å². The van der Waals surface area contributed by atoms with Crippen LogP contribution >= 0.6 is 28.1 Å². The molecule has 0 atom stereocenters. The minimum Gasteiger partial charge on any atom is -0.343 e. The largest absolute Gasteiger partial charge is 0.343 e. The summed E-state index contributed by atoms with van der Waals surface area (Å²) in [7, 11) is 0. The van der Waals surface area contributed by atoms with Crippen LogP contribution in [0.5, 0.6) is 0 Å². The van der Waals surface area contributed by atoms with E-state index >= 15 is 0 Å². The summed E-state index contributed by atoms with van der Waals surface area (Å²) in [5.41, 5.74) is 3.22. The van der Waals surface area contributed by atoms with Gasteiger partial charge >= 0.3 is 0 Å². The molecule has 0 aliphatic heterocycles. The van der Waals surface area contributed by atoms with Gasteiger partial charge in [-0.3, -0.25) is 0 Å². The van der Waals surface area contributed by atoms with Gasteiger partial charge in [-0.25, -0.2) is 9.37 Å². The van der Waals surface area contributed by atoms with Crippen molar-refractivity contribution in [3.63, 3.8) is 0 Å². The molecular weight excluding hydrogens is 339 g/mol. The van der Waals surface area contributed by atoms with Crippen molar-refractivity contribution in [3.8, 4) is 11.4 Å². The molecule has 1 heterocycles. The molecule has 2 nitrogen and oxygen atoms in total. The van der Waals surface area contributed by atoms with Gasteiger partial charge in [0, 0.05) is 16.8 Å². The Hall–Kier alpha value is -1.07. The molecule has 0 spiro atoms. The van der Waals surface area contributed by atoms with Crippen LogP contribution in [-0.2, 0) is 12.8 Å². The van der Waals surface area contributed by atoms with E-state index in [0.29, 0.717) is 9.11 Å². The lowest BCUT2D eigenvalue weighted by atomic mass is 10.1. The Bertz CT molecular complexity index is 712. The molecule has 5 heteroatoms. The first-order chi connectivity index (χ1) is 9.65. The molecule has 3 rings (SSSR count). The molecule has 1 N–H and O–H groups in total. The van der Waals surface area contributed by atoms with E-state index in [1.807, 2.05) is 0 Å². The van der Waals surface area contributed by atoms with Crippen LogP contribution in [0, 0.1) is 10.5 Å². The van der Waals surface area contributed by atoms with Crippen LogP contribution in [0.3, 0.4) is 0 Å². The Morgan fingerprint density at radius 1 is 1.20 bits per heavy atom. The third kappa shape index (κ3) is 2.69. The number of halogens is 2. The van der Waals surface area contributed by atoms with Gasteiger partial charge < -0.3 is 4.98 Å². The molecule has 20 heavy (non-hydrogen) atoms. The van der Waals surface area contributed by atoms with E-state index in [9.17, 15) is 4.39 Å². The van der Waals surface area contributed by atoms with Crippen molar-refractivity contribution < 1.29 is 4.39 Å². The Morgan fingerprint density at radius 3 is 2.80 bits per heavy atom. The van der Waals surface area contributed by atoms with Crippen LogP contribution in [-0.4, -0.2) is 9.97 Å². The van der Waals surface area contributed by atoms with E-state index in [2.05, 4.69) is 25.9 Å². The topological polar surface area (TPSA) is 28.7 Å². The predicted molar refractivity (Wildman–Crippen MR) is 83.8 cm³/mol. The normalized spacial score (nSPS) is 14.7. The van der Waals surface area contributed by atoms with Crippen LogP contribution < -0.4 is 0 Å². The molecule has 2 aromatic rings. The van der Waals surface area contributed by atoms with Gasteiger partial charge in [0.05, 0.1) is 4.47 Å². The van der Waals surface area contributed by atoms with Gasteiger partial charge in [-0.1, -0.05) is 18.6 Å². The highest BCUT2D eigenvalue weighted by Gasteiger charge is 2.13. The van der Waals surface area contributed by atoms with Crippen LogP contribution in [0.25, 0.3) is 11.4 Å². The SMILES string of the molecule is Fc1ccc(-c2nc(=S)c3c([nH]2)CCCCC3)cc1Br. The number of fused-ring (bicyclic) bond motifs is 1. The number of aromatic amines is 1. The Kier molecular flexibility index (Phi) is 3.98. The molecule has 1 aromatic heterocycles. The zero-order chi connectivity index (χ0) is 14.1. The fourth-order valence-corrected chi connectivity index (χ4v) is 3.27. The highest BCUT2D eigenvalue weighted by Crippen LogP contribution is 2.26. The Balaban J connectivity index is 2.10. The third-order valence-electron chi connectivity index (χ3n) is 3.65. The van der Waals surface area contributed by atoms with E-state index in [1.54, 1.807) is 12.1 Å². The van der Waals surface area contributed by atoms with E-state index in [0.717, 1.165) is 24.2 Å². The highest BCUT2D eigenvalue weighted by molar-refractivity contribution is 9.10. The second kappa shape index (κ2) is 5.74. The maximum atomic E-state index is 13.3. The van der Waals surface area contributed by atoms with Crippen molar-refractivity contribution in [1.82, 2.24) is 9.97 Å². The number of H-pyrrole nitrogens is 1. The van der Waals surface area contributed by atoms with Crippen molar-refractivity contribution in [2.24, 2.45) is 0 Å². The molecule has 0 saturated carbocycles. The fourth-order valence-electron chi connectivity index (χ4n) is 2.58. The lowest BCUT2D eigenvalue weighted by molar-refractivity contribution is 0.621. The molecule has 0 bridgehead atoms. The van der Waals surface area contributed by atoms with Crippen molar-refractivity contribution in [2.45, 2.75) is 32.1 Å². The number of hydrogen-bond donors (Lipinski definition) is 1. The van der Waals surface area contributed by atoms with Gasteiger partial charge in [0.25, 0.3) is 0 Å². The molecule has 0 saturated heterocycles. The first-order valence-corrected chi connectivity index (χ1v) is 7.93. The number of nitrogens with zero attached hydrogens (tertiary/aromatic N) is 1. The minimum atomic E-state index is -0.276. The summed E-state index contributed by atoms with van der Waals surface area (Å²) in [5.74, 6) is 0.443. The molecule has 0 fully saturated rings. The lowest BCUT2D eigenvalue weighted by Gasteiger charge is -2.10. The average molecular weight is 353 g/mol. The summed E-state index contributed by atoms with van der Waals surface area (Å²) in [5, 5.41) is 0. The van der Waals surface area contributed by atoms with Crippen LogP contribution in [0.2, 0.25) is 0 Å². The molecule has 1 aromatic carbocycles. The smallest absolute Gasteiger partial charge is 0.139 e. The zero-order valence-corrected chi connectivity index (χ0v) is 13.3. The molecule has 1 aliphatic carbocycles. The molecule has 0 unspecified atom stereocenters. The minimum absolute atomic E-state index is 0.276. The highest BCUT2D eigenvalue weighted by atomic mass is 79.9. The van der Waals surface area contributed by atoms with Crippen molar-refractivity contribution in [1.29, 1.82) is 0 Å². The van der Waals surface area contributed by atoms with Gasteiger partial charge in [-0.15, -0.1) is 0 Å². The second-order valence-corrected chi connectivity index (χ2v) is 6.28. The maximum absolute atomic E-state index is 13.3. The summed E-state index contributed by atoms with van der Waals surface area (Å²) in [6.07, 6.45) is 5.60. The fraction of sp³-hybridized carbons (Fsp3) is 0.333. The Labute approximate surface area is 130 Å². The third-order valence-corrected chi connectivity index (χ3v) is 4.60. The lowest BCUT2D eigenvalue weighted by Crippen LogP contribution is -2.02. The number of aromatic nitrogens is 2. The summed E-state index contributed by atoms with van der Waals surface area (Å²) in [6, 6.07) is 4.88. The average Bonchev–Trinajstić information content (AvgIpc) is 2.67. The van der Waals surface area contributed by atoms with E-state index < -0.39 is 0 Å². The monoisotopic (exact) mass is 352 g/mol. The molecule has 0 radical (unpaired) electrons. The van der Waals surface area contributed by atoms with Crippen LogP contribution in [0.4, 0.5) is 4.39 Å². The number of nitrogens with one attached hydrogen (secondary N) is 1. The summed E-state index contributed by atoms with van der Waals surface area (Å²) in [6.45, 7) is 0. The molecular formula is C15H14BrFN2S. The first kappa shape index (κ1) is 13.9. The number of rotatable bonds is 1. The number of aryl methyl sites for hydroxylation is 1. The zero-order valence-electron chi connectivity index (χ0n) is 10.9. The second-order valence-electron chi connectivity index (χ2n) is 5.04. The van der Waals surface area contributed by atoms with E-state index in [1.165, 1.54) is 36.6 Å². The molecule has 1 aliphatic rings. The molecule has 104 valence electrons. The maximum Gasteiger partial charge on any atom is 0.139 e. The van der Waals surface area contributed by atoms with Gasteiger partial charge in [0.1, 0.15) is 16.3 Å². The van der Waals surface area contributed by atoms with Crippen molar-refractivity contribution in [3.05, 3.63) is 44.4 Å². The van der Waals surface area contributed by atoms with E-state index in [4.69, 9.17) is 12.2 Å². The summed E-state index contributed by atoms with van der Waals surface area (Å²) < 4.78 is 14.4. The van der Waals surface area contributed by atoms with Gasteiger partial charge in [-0.2, -0.15) is 0 Å². The molecule has 0 amide bonds. The predicted octanol–water partition coefficient (Wildman–Crippen LogP) is 4.98. The van der Waals surface area contributed by atoms with E-state index in [-0.39, 0.29) is 5.82 Å². The number of benzene rings is 1. The first-order valence-electron chi connectivity index (χ1n) is 6.72. The summed E-state index contributed by atoms with van der Waals surface area (Å²) in [4.78, 5) is 7.87. The quantitative estimate of drug-likeness (QED) is 0.579. The van der Waals surface area contributed by atoms with Gasteiger partial charge in [-0.05, 0) is 59.8 Å².